The Kier molecular flexibility index (Phi) is 3.49. The summed E-state index contributed by atoms with van der Waals surface area (Å²) in [4.78, 5) is 6.16. The molecule has 1 N–H and O–H groups in total. The molecule has 0 saturated heterocycles. The van der Waals surface area contributed by atoms with Crippen molar-refractivity contribution in [3.05, 3.63) is 22.7 Å². The van der Waals surface area contributed by atoms with Crippen molar-refractivity contribution in [3.63, 3.8) is 0 Å². The third-order valence-electron chi connectivity index (χ3n) is 0.790. The minimum atomic E-state index is 0. The molecule has 0 amide bonds. The predicted octanol–water partition coefficient (Wildman–Crippen LogP) is 1.25. The molecule has 2 nitrogen and oxygen atoms in total. The van der Waals surface area contributed by atoms with E-state index in [9.17, 15) is 0 Å². The van der Waals surface area contributed by atoms with E-state index in [1.54, 1.807) is 6.92 Å². The molecule has 4 heteroatoms. The molecule has 46 valence electrons. The SMILES string of the molecule is [3H]c1n[c-][nH]c(=S)c1C.[U]. The van der Waals surface area contributed by atoms with Crippen LogP contribution in [0.5, 0.6) is 0 Å². The molecule has 0 aliphatic carbocycles. The second kappa shape index (κ2) is 4.21. The number of rotatable bonds is 0. The number of aromatic amines is 1. The van der Waals surface area contributed by atoms with Crippen LogP contribution in [0.1, 0.15) is 6.93 Å². The molecule has 1 aromatic rings. The van der Waals surface area contributed by atoms with Crippen LogP contribution in [0.4, 0.5) is 0 Å². The van der Waals surface area contributed by atoms with E-state index in [2.05, 4.69) is 16.3 Å². The monoisotopic (exact) mass is 365 g/mol. The first-order chi connectivity index (χ1) is 4.22. The van der Waals surface area contributed by atoms with E-state index in [0.717, 1.165) is 0 Å². The minimum Gasteiger partial charge on any atom is -0.444 e. The molecule has 0 unspecified atom stereocenters. The van der Waals surface area contributed by atoms with Crippen LogP contribution in [0.2, 0.25) is 0 Å². The van der Waals surface area contributed by atoms with Crippen LogP contribution in [0, 0.1) is 49.0 Å². The Morgan fingerprint density at radius 2 is 2.67 bits per heavy atom. The van der Waals surface area contributed by atoms with E-state index in [0.29, 0.717) is 10.2 Å². The standard InChI is InChI=1S/C5H5N2S.U/c1-4-2-6-3-7-5(4)8;/h2H,1H3,(H,6,7,8);/q-1;/i2T;. The summed E-state index contributed by atoms with van der Waals surface area (Å²) in [5.41, 5.74) is 0.698. The third kappa shape index (κ3) is 2.61. The van der Waals surface area contributed by atoms with Gasteiger partial charge >= 0.3 is 0 Å². The fourth-order valence-electron chi connectivity index (χ4n) is 0.335. The summed E-state index contributed by atoms with van der Waals surface area (Å²) in [7, 11) is 0. The van der Waals surface area contributed by atoms with Crippen LogP contribution in [0.25, 0.3) is 0 Å². The maximum atomic E-state index is 7.13. The van der Waals surface area contributed by atoms with Crippen molar-refractivity contribution < 1.29 is 32.5 Å². The molecule has 0 saturated carbocycles. The second-order valence-corrected chi connectivity index (χ2v) is 1.82. The smallest absolute Gasteiger partial charge is 0.000472 e. The van der Waals surface area contributed by atoms with E-state index in [4.69, 9.17) is 13.6 Å². The molecular formula is C5H5N2SU-. The summed E-state index contributed by atoms with van der Waals surface area (Å²) in [5, 5.41) is 0. The molecule has 0 aliphatic heterocycles. The van der Waals surface area contributed by atoms with Gasteiger partial charge in [0.1, 0.15) is 0 Å². The Labute approximate surface area is 83.9 Å². The van der Waals surface area contributed by atoms with Crippen LogP contribution in [0.15, 0.2) is 6.17 Å². The third-order valence-corrected chi connectivity index (χ3v) is 1.20. The zero-order valence-electron chi connectivity index (χ0n) is 5.86. The Bertz CT molecular complexity index is 273. The topological polar surface area (TPSA) is 28.7 Å². The second-order valence-electron chi connectivity index (χ2n) is 1.41. The predicted molar refractivity (Wildman–Crippen MR) is 33.0 cm³/mol. The molecule has 1 rings (SSSR count). The molecule has 0 aliphatic rings. The maximum Gasteiger partial charge on any atom is 0.000472 e. The van der Waals surface area contributed by atoms with Gasteiger partial charge in [-0.25, -0.2) is 0 Å². The molecule has 0 bridgehead atoms. The van der Waals surface area contributed by atoms with Gasteiger partial charge in [-0.05, 0) is 6.01 Å². The number of H-pyrrole nitrogens is 1. The summed E-state index contributed by atoms with van der Waals surface area (Å²) >= 11 is 4.79. The zero-order valence-corrected chi connectivity index (χ0v) is 9.84. The molecule has 1 heterocycles. The van der Waals surface area contributed by atoms with Gasteiger partial charge in [0.25, 0.3) is 0 Å². The summed E-state index contributed by atoms with van der Waals surface area (Å²) in [6.07, 6.45) is 2.60. The first-order valence-electron chi connectivity index (χ1n) is 2.65. The fourth-order valence-corrected chi connectivity index (χ4v) is 0.426. The number of nitrogens with zero attached hydrogens (tertiary/aromatic N) is 1. The summed E-state index contributed by atoms with van der Waals surface area (Å²) in [6.45, 7) is 1.75. The average molecular weight is 365 g/mol. The molecule has 1 aromatic heterocycles. The van der Waals surface area contributed by atoms with Gasteiger partial charge in [-0.2, -0.15) is 0 Å². The van der Waals surface area contributed by atoms with Crippen molar-refractivity contribution in [2.45, 2.75) is 6.92 Å². The summed E-state index contributed by atoms with van der Waals surface area (Å²) < 4.78 is 7.67. The Morgan fingerprint density at radius 1 is 2.00 bits per heavy atom. The quantitative estimate of drug-likeness (QED) is 0.554. The molecule has 0 spiro atoms. The van der Waals surface area contributed by atoms with Gasteiger partial charge < -0.3 is 9.97 Å². The molecule has 0 radical (unpaired) electrons. The van der Waals surface area contributed by atoms with Crippen LogP contribution in [-0.4, -0.2) is 9.97 Å². The van der Waals surface area contributed by atoms with Crippen LogP contribution in [0.3, 0.4) is 0 Å². The van der Waals surface area contributed by atoms with Gasteiger partial charge in [-0.3, -0.25) is 0 Å². The van der Waals surface area contributed by atoms with Crippen molar-refractivity contribution in [1.82, 2.24) is 9.97 Å². The maximum absolute atomic E-state index is 7.13. The van der Waals surface area contributed by atoms with Gasteiger partial charge in [0, 0.05) is 37.4 Å². The summed E-state index contributed by atoms with van der Waals surface area (Å²) in [5.74, 6) is 0. The molecule has 9 heavy (non-hydrogen) atoms. The average Bonchev–Trinajstić information content (AvgIpc) is 1.83. The molecule has 0 fully saturated rings. The first-order valence-corrected chi connectivity index (χ1v) is 2.56. The number of nitrogens with one attached hydrogen (secondary N) is 1. The number of aromatic nitrogens is 2. The summed E-state index contributed by atoms with van der Waals surface area (Å²) in [6, 6.07) is 0. The van der Waals surface area contributed by atoms with Crippen molar-refractivity contribution in [2.24, 2.45) is 0 Å². The largest absolute Gasteiger partial charge is 0.444 e. The normalized spacial score (nSPS) is 9.67. The van der Waals surface area contributed by atoms with E-state index < -0.39 is 0 Å². The van der Waals surface area contributed by atoms with Gasteiger partial charge in [0.2, 0.25) is 0 Å². The Morgan fingerprint density at radius 3 is 3.11 bits per heavy atom. The van der Waals surface area contributed by atoms with E-state index >= 15 is 0 Å². The molecule has 0 atom stereocenters. The van der Waals surface area contributed by atoms with Crippen LogP contribution >= 0.6 is 12.2 Å². The van der Waals surface area contributed by atoms with Crippen LogP contribution in [-0.2, 0) is 0 Å². The molecule has 0 aromatic carbocycles. The number of hydrogen-bond acceptors (Lipinski definition) is 2. The Hall–Kier alpha value is 0.352. The van der Waals surface area contributed by atoms with Crippen molar-refractivity contribution in [1.29, 1.82) is 0 Å². The van der Waals surface area contributed by atoms with Gasteiger partial charge in [-0.1, -0.05) is 13.1 Å². The van der Waals surface area contributed by atoms with E-state index in [1.165, 1.54) is 0 Å². The Balaban J connectivity index is 0.000000810. The van der Waals surface area contributed by atoms with Gasteiger partial charge in [0.05, 0.1) is 0 Å². The first kappa shape index (κ1) is 7.46. The van der Waals surface area contributed by atoms with Crippen LogP contribution < -0.4 is 0 Å². The fraction of sp³-hybridized carbons (Fsp3) is 0.200. The van der Waals surface area contributed by atoms with Gasteiger partial charge in [0.15, 0.2) is 0 Å². The van der Waals surface area contributed by atoms with E-state index in [1.807, 2.05) is 0 Å². The minimum absolute atomic E-state index is 0. The van der Waals surface area contributed by atoms with Crippen molar-refractivity contribution >= 4 is 12.2 Å². The molecular weight excluding hydrogens is 358 g/mol. The number of hydrogen-bond donors (Lipinski definition) is 1. The van der Waals surface area contributed by atoms with Crippen molar-refractivity contribution in [2.75, 3.05) is 0 Å². The van der Waals surface area contributed by atoms with Gasteiger partial charge in [-0.15, -0.1) is 17.8 Å². The zero-order chi connectivity index (χ0) is 6.85. The van der Waals surface area contributed by atoms with Crippen molar-refractivity contribution in [3.8, 4) is 0 Å². The van der Waals surface area contributed by atoms with E-state index in [-0.39, 0.29) is 37.3 Å².